The Hall–Kier alpha value is -1.59. The molecule has 96 valence electrons. The maximum atomic E-state index is 5.97. The van der Waals surface area contributed by atoms with Gasteiger partial charge in [0.05, 0.1) is 19.7 Å². The molecule has 0 bridgehead atoms. The number of rotatable bonds is 4. The van der Waals surface area contributed by atoms with Crippen LogP contribution in [0.25, 0.3) is 0 Å². The molecule has 1 aromatic carbocycles. The number of nitrogens with two attached hydrogens (primary N) is 1. The van der Waals surface area contributed by atoms with E-state index < -0.39 is 0 Å². The van der Waals surface area contributed by atoms with Crippen molar-refractivity contribution in [3.63, 3.8) is 0 Å². The lowest BCUT2D eigenvalue weighted by Gasteiger charge is -2.08. The topological polar surface area (TPSA) is 66.0 Å². The lowest BCUT2D eigenvalue weighted by molar-refractivity contribution is 0.407. The fourth-order valence-corrected chi connectivity index (χ4v) is 1.83. The average Bonchev–Trinajstić information content (AvgIpc) is 2.78. The molecule has 0 saturated heterocycles. The van der Waals surface area contributed by atoms with Crippen molar-refractivity contribution >= 4 is 11.6 Å². The van der Waals surface area contributed by atoms with Crippen molar-refractivity contribution in [3.05, 3.63) is 40.9 Å². The van der Waals surface area contributed by atoms with Gasteiger partial charge in [0.25, 0.3) is 0 Å². The van der Waals surface area contributed by atoms with Gasteiger partial charge in [0.15, 0.2) is 5.82 Å². The Morgan fingerprint density at radius 1 is 1.50 bits per heavy atom. The van der Waals surface area contributed by atoms with E-state index in [-0.39, 0.29) is 6.04 Å². The SMILES string of the molecule is COc1ccc(Cl)cc1Cn1cnc(C(C)N)n1. The van der Waals surface area contributed by atoms with Crippen LogP contribution < -0.4 is 10.5 Å². The number of nitrogens with zero attached hydrogens (tertiary/aromatic N) is 3. The van der Waals surface area contributed by atoms with Crippen molar-refractivity contribution in [3.8, 4) is 5.75 Å². The Morgan fingerprint density at radius 2 is 2.28 bits per heavy atom. The van der Waals surface area contributed by atoms with Gasteiger partial charge < -0.3 is 10.5 Å². The third-order valence-corrected chi connectivity index (χ3v) is 2.77. The summed E-state index contributed by atoms with van der Waals surface area (Å²) in [6.07, 6.45) is 1.65. The van der Waals surface area contributed by atoms with Crippen molar-refractivity contribution < 1.29 is 4.74 Å². The summed E-state index contributed by atoms with van der Waals surface area (Å²) < 4.78 is 7.00. The number of ether oxygens (including phenoxy) is 1. The summed E-state index contributed by atoms with van der Waals surface area (Å²) >= 11 is 5.97. The molecule has 0 amide bonds. The van der Waals surface area contributed by atoms with E-state index in [4.69, 9.17) is 22.1 Å². The number of halogens is 1. The number of hydrogen-bond donors (Lipinski definition) is 1. The molecule has 0 spiro atoms. The fraction of sp³-hybridized carbons (Fsp3) is 0.333. The van der Waals surface area contributed by atoms with Crippen LogP contribution in [-0.4, -0.2) is 21.9 Å². The van der Waals surface area contributed by atoms with Crippen molar-refractivity contribution in [2.75, 3.05) is 7.11 Å². The van der Waals surface area contributed by atoms with E-state index >= 15 is 0 Å². The Labute approximate surface area is 111 Å². The monoisotopic (exact) mass is 266 g/mol. The van der Waals surface area contributed by atoms with Gasteiger partial charge in [-0.25, -0.2) is 9.67 Å². The van der Waals surface area contributed by atoms with Crippen LogP contribution in [0.3, 0.4) is 0 Å². The second kappa shape index (κ2) is 5.37. The molecule has 1 aromatic heterocycles. The van der Waals surface area contributed by atoms with Crippen LogP contribution in [0.5, 0.6) is 5.75 Å². The molecular formula is C12H15ClN4O. The second-order valence-corrected chi connectivity index (χ2v) is 4.48. The zero-order valence-corrected chi connectivity index (χ0v) is 11.1. The summed E-state index contributed by atoms with van der Waals surface area (Å²) in [5.41, 5.74) is 6.67. The zero-order valence-electron chi connectivity index (χ0n) is 10.3. The molecule has 0 fully saturated rings. The predicted molar refractivity (Wildman–Crippen MR) is 69.7 cm³/mol. The van der Waals surface area contributed by atoms with Gasteiger partial charge in [-0.2, -0.15) is 5.10 Å². The van der Waals surface area contributed by atoms with Gasteiger partial charge in [0, 0.05) is 10.6 Å². The van der Waals surface area contributed by atoms with Crippen LogP contribution in [-0.2, 0) is 6.54 Å². The summed E-state index contributed by atoms with van der Waals surface area (Å²) in [7, 11) is 1.63. The highest BCUT2D eigenvalue weighted by molar-refractivity contribution is 6.30. The molecule has 1 unspecified atom stereocenters. The number of hydrogen-bond acceptors (Lipinski definition) is 4. The van der Waals surface area contributed by atoms with Crippen molar-refractivity contribution in [1.82, 2.24) is 14.8 Å². The number of methoxy groups -OCH3 is 1. The normalized spacial score (nSPS) is 12.4. The van der Waals surface area contributed by atoms with E-state index in [0.717, 1.165) is 11.3 Å². The molecule has 0 saturated carbocycles. The lowest BCUT2D eigenvalue weighted by atomic mass is 10.2. The van der Waals surface area contributed by atoms with E-state index in [1.165, 1.54) is 0 Å². The van der Waals surface area contributed by atoms with Gasteiger partial charge in [-0.3, -0.25) is 0 Å². The van der Waals surface area contributed by atoms with Gasteiger partial charge in [-0.05, 0) is 25.1 Å². The van der Waals surface area contributed by atoms with Crippen LogP contribution in [0.2, 0.25) is 5.02 Å². The van der Waals surface area contributed by atoms with Gasteiger partial charge in [0.2, 0.25) is 0 Å². The molecule has 0 radical (unpaired) electrons. The highest BCUT2D eigenvalue weighted by atomic mass is 35.5. The van der Waals surface area contributed by atoms with Gasteiger partial charge in [0.1, 0.15) is 12.1 Å². The minimum absolute atomic E-state index is 0.174. The second-order valence-electron chi connectivity index (χ2n) is 4.05. The molecule has 2 aromatic rings. The molecule has 0 aliphatic heterocycles. The van der Waals surface area contributed by atoms with Gasteiger partial charge in [-0.15, -0.1) is 0 Å². The summed E-state index contributed by atoms with van der Waals surface area (Å²) in [4.78, 5) is 4.14. The maximum Gasteiger partial charge on any atom is 0.166 e. The smallest absolute Gasteiger partial charge is 0.166 e. The fourth-order valence-electron chi connectivity index (χ4n) is 1.64. The quantitative estimate of drug-likeness (QED) is 0.919. The predicted octanol–water partition coefficient (Wildman–Crippen LogP) is 2.01. The molecule has 0 aliphatic rings. The van der Waals surface area contributed by atoms with E-state index in [9.17, 15) is 0 Å². The van der Waals surface area contributed by atoms with E-state index in [1.807, 2.05) is 19.1 Å². The molecule has 18 heavy (non-hydrogen) atoms. The Balaban J connectivity index is 2.24. The average molecular weight is 267 g/mol. The largest absolute Gasteiger partial charge is 0.496 e. The summed E-state index contributed by atoms with van der Waals surface area (Å²) in [6, 6.07) is 5.31. The molecule has 1 heterocycles. The standard InChI is InChI=1S/C12H15ClN4O/c1-8(14)12-15-7-17(16-12)6-9-5-10(13)3-4-11(9)18-2/h3-5,7-8H,6,14H2,1-2H3. The first-order valence-electron chi connectivity index (χ1n) is 5.57. The highest BCUT2D eigenvalue weighted by Crippen LogP contribution is 2.23. The zero-order chi connectivity index (χ0) is 13.1. The van der Waals surface area contributed by atoms with Gasteiger partial charge >= 0.3 is 0 Å². The Kier molecular flexibility index (Phi) is 3.84. The van der Waals surface area contributed by atoms with Crippen LogP contribution >= 0.6 is 11.6 Å². The summed E-state index contributed by atoms with van der Waals surface area (Å²) in [5.74, 6) is 1.40. The first-order valence-corrected chi connectivity index (χ1v) is 5.95. The molecule has 1 atom stereocenters. The van der Waals surface area contributed by atoms with Crippen molar-refractivity contribution in [1.29, 1.82) is 0 Å². The molecule has 5 nitrogen and oxygen atoms in total. The van der Waals surface area contributed by atoms with E-state index in [2.05, 4.69) is 10.1 Å². The minimum atomic E-state index is -0.174. The van der Waals surface area contributed by atoms with Crippen LogP contribution in [0.15, 0.2) is 24.5 Å². The van der Waals surface area contributed by atoms with Gasteiger partial charge in [-0.1, -0.05) is 11.6 Å². The third kappa shape index (κ3) is 2.80. The summed E-state index contributed by atoms with van der Waals surface area (Å²) in [6.45, 7) is 2.39. The maximum absolute atomic E-state index is 5.97. The highest BCUT2D eigenvalue weighted by Gasteiger charge is 2.08. The van der Waals surface area contributed by atoms with Crippen molar-refractivity contribution in [2.24, 2.45) is 5.73 Å². The molecule has 0 aliphatic carbocycles. The molecular weight excluding hydrogens is 252 g/mol. The Bertz CT molecular complexity index is 539. The van der Waals surface area contributed by atoms with E-state index in [0.29, 0.717) is 17.4 Å². The number of aromatic nitrogens is 3. The lowest BCUT2D eigenvalue weighted by Crippen LogP contribution is -2.09. The number of benzene rings is 1. The first kappa shape index (κ1) is 12.9. The first-order chi connectivity index (χ1) is 8.60. The minimum Gasteiger partial charge on any atom is -0.496 e. The third-order valence-electron chi connectivity index (χ3n) is 2.54. The molecule has 6 heteroatoms. The van der Waals surface area contributed by atoms with Crippen LogP contribution in [0, 0.1) is 0 Å². The Morgan fingerprint density at radius 3 is 2.89 bits per heavy atom. The van der Waals surface area contributed by atoms with Crippen LogP contribution in [0.4, 0.5) is 0 Å². The molecule has 2 rings (SSSR count). The van der Waals surface area contributed by atoms with Crippen molar-refractivity contribution in [2.45, 2.75) is 19.5 Å². The van der Waals surface area contributed by atoms with Crippen LogP contribution in [0.1, 0.15) is 24.4 Å². The molecule has 2 N–H and O–H groups in total. The summed E-state index contributed by atoms with van der Waals surface area (Å²) in [5, 5.41) is 4.96. The van der Waals surface area contributed by atoms with E-state index in [1.54, 1.807) is 24.2 Å².